The van der Waals surface area contributed by atoms with Crippen molar-refractivity contribution >= 4 is 29.9 Å². The Morgan fingerprint density at radius 3 is 2.58 bits per heavy atom. The van der Waals surface area contributed by atoms with Crippen LogP contribution in [-0.4, -0.2) is 57.3 Å². The second-order valence-electron chi connectivity index (χ2n) is 7.71. The lowest BCUT2D eigenvalue weighted by Crippen LogP contribution is -2.42. The first-order chi connectivity index (χ1) is 14.9. The van der Waals surface area contributed by atoms with E-state index in [1.807, 2.05) is 19.2 Å². The van der Waals surface area contributed by atoms with E-state index in [1.165, 1.54) is 18.4 Å². The third kappa shape index (κ3) is 9.21. The molecule has 0 bridgehead atoms. The third-order valence-corrected chi connectivity index (χ3v) is 5.53. The Morgan fingerprint density at radius 1 is 1.06 bits per heavy atom. The predicted octanol–water partition coefficient (Wildman–Crippen LogP) is 4.24. The minimum atomic E-state index is 0. The van der Waals surface area contributed by atoms with Gasteiger partial charge in [-0.3, -0.25) is 9.89 Å². The number of hydrogen-bond donors (Lipinski definition) is 2. The Bertz CT molecular complexity index is 718. The zero-order valence-electron chi connectivity index (χ0n) is 18.6. The standard InChI is InChI=1S/C24H36N4O2.HI/c1-25-24(26-14-5-8-17-29-19-13-21-10-3-2-4-11-21)27-20-22(23-12-9-18-30-23)28-15-6-7-16-28;/h2-4,9-12,18,22H,5-8,13-17,19-20H2,1H3,(H2,25,26,27);1H. The van der Waals surface area contributed by atoms with Crippen molar-refractivity contribution in [3.63, 3.8) is 0 Å². The maximum absolute atomic E-state index is 5.76. The van der Waals surface area contributed by atoms with Gasteiger partial charge in [0.15, 0.2) is 5.96 Å². The number of ether oxygens (including phenoxy) is 1. The van der Waals surface area contributed by atoms with Crippen LogP contribution < -0.4 is 10.6 Å². The van der Waals surface area contributed by atoms with Crippen LogP contribution in [0.25, 0.3) is 0 Å². The normalized spacial score (nSPS) is 15.5. The maximum atomic E-state index is 5.76. The molecule has 1 fully saturated rings. The monoisotopic (exact) mass is 540 g/mol. The van der Waals surface area contributed by atoms with Crippen molar-refractivity contribution in [3.8, 4) is 0 Å². The van der Waals surface area contributed by atoms with E-state index in [1.54, 1.807) is 6.26 Å². The van der Waals surface area contributed by atoms with Gasteiger partial charge in [-0.1, -0.05) is 30.3 Å². The smallest absolute Gasteiger partial charge is 0.191 e. The predicted molar refractivity (Wildman–Crippen MR) is 137 cm³/mol. The van der Waals surface area contributed by atoms with E-state index in [0.717, 1.165) is 70.4 Å². The lowest BCUT2D eigenvalue weighted by molar-refractivity contribution is 0.133. The van der Waals surface area contributed by atoms with E-state index in [4.69, 9.17) is 9.15 Å². The number of nitrogens with zero attached hydrogens (tertiary/aromatic N) is 2. The molecule has 0 saturated carbocycles. The second-order valence-corrected chi connectivity index (χ2v) is 7.71. The van der Waals surface area contributed by atoms with Gasteiger partial charge in [-0.2, -0.15) is 0 Å². The molecule has 6 nitrogen and oxygen atoms in total. The van der Waals surface area contributed by atoms with Crippen molar-refractivity contribution in [2.45, 2.75) is 38.1 Å². The van der Waals surface area contributed by atoms with Crippen LogP contribution in [0.2, 0.25) is 0 Å². The molecule has 1 aliphatic heterocycles. The summed E-state index contributed by atoms with van der Waals surface area (Å²) in [6.45, 7) is 5.51. The van der Waals surface area contributed by atoms with Gasteiger partial charge in [-0.05, 0) is 62.9 Å². The van der Waals surface area contributed by atoms with Gasteiger partial charge >= 0.3 is 0 Å². The topological polar surface area (TPSA) is 62.0 Å². The molecule has 1 aliphatic rings. The lowest BCUT2D eigenvalue weighted by atomic mass is 10.2. The third-order valence-electron chi connectivity index (χ3n) is 5.53. The number of nitrogens with one attached hydrogen (secondary N) is 2. The van der Waals surface area contributed by atoms with Crippen LogP contribution in [0, 0.1) is 0 Å². The maximum Gasteiger partial charge on any atom is 0.191 e. The first-order valence-electron chi connectivity index (χ1n) is 11.2. The van der Waals surface area contributed by atoms with Crippen molar-refractivity contribution in [1.82, 2.24) is 15.5 Å². The minimum absolute atomic E-state index is 0. The number of guanidine groups is 1. The first-order valence-corrected chi connectivity index (χ1v) is 11.2. The largest absolute Gasteiger partial charge is 0.468 e. The second kappa shape index (κ2) is 15.3. The average molecular weight is 540 g/mol. The number of likely N-dealkylation sites (tertiary alicyclic amines) is 1. The van der Waals surface area contributed by atoms with E-state index in [-0.39, 0.29) is 30.0 Å². The summed E-state index contributed by atoms with van der Waals surface area (Å²) in [5.74, 6) is 1.86. The van der Waals surface area contributed by atoms with Gasteiger partial charge in [-0.25, -0.2) is 0 Å². The van der Waals surface area contributed by atoms with Gasteiger partial charge in [0, 0.05) is 26.7 Å². The summed E-state index contributed by atoms with van der Waals surface area (Å²) in [5.41, 5.74) is 1.33. The number of aliphatic imine (C=N–C) groups is 1. The van der Waals surface area contributed by atoms with Crippen molar-refractivity contribution < 1.29 is 9.15 Å². The summed E-state index contributed by atoms with van der Waals surface area (Å²) in [4.78, 5) is 6.85. The van der Waals surface area contributed by atoms with Crippen molar-refractivity contribution in [1.29, 1.82) is 0 Å². The highest BCUT2D eigenvalue weighted by atomic mass is 127. The average Bonchev–Trinajstić information content (AvgIpc) is 3.50. The summed E-state index contributed by atoms with van der Waals surface area (Å²) in [5, 5.41) is 6.88. The van der Waals surface area contributed by atoms with Gasteiger partial charge in [0.2, 0.25) is 0 Å². The molecular formula is C24H37IN4O2. The zero-order valence-corrected chi connectivity index (χ0v) is 20.9. The zero-order chi connectivity index (χ0) is 20.9. The molecule has 1 unspecified atom stereocenters. The molecule has 1 saturated heterocycles. The highest BCUT2D eigenvalue weighted by Crippen LogP contribution is 2.24. The van der Waals surface area contributed by atoms with E-state index in [9.17, 15) is 0 Å². The Labute approximate surface area is 203 Å². The summed E-state index contributed by atoms with van der Waals surface area (Å²) in [6.07, 6.45) is 7.35. The molecule has 0 radical (unpaired) electrons. The van der Waals surface area contributed by atoms with Gasteiger partial charge in [0.1, 0.15) is 5.76 Å². The number of unbranched alkanes of at least 4 members (excludes halogenated alkanes) is 1. The highest BCUT2D eigenvalue weighted by Gasteiger charge is 2.25. The minimum Gasteiger partial charge on any atom is -0.468 e. The molecule has 2 heterocycles. The van der Waals surface area contributed by atoms with Gasteiger partial charge < -0.3 is 19.8 Å². The Balaban J connectivity index is 0.00000341. The Hall–Kier alpha value is -1.58. The Kier molecular flexibility index (Phi) is 12.6. The van der Waals surface area contributed by atoms with Crippen LogP contribution >= 0.6 is 24.0 Å². The molecule has 1 aromatic carbocycles. The van der Waals surface area contributed by atoms with Gasteiger partial charge in [0.05, 0.1) is 18.9 Å². The van der Waals surface area contributed by atoms with Gasteiger partial charge in [0.25, 0.3) is 0 Å². The summed E-state index contributed by atoms with van der Waals surface area (Å²) in [6, 6.07) is 14.8. The number of furan rings is 1. The molecule has 3 rings (SSSR count). The molecule has 31 heavy (non-hydrogen) atoms. The van der Waals surface area contributed by atoms with Crippen molar-refractivity contribution in [2.24, 2.45) is 4.99 Å². The van der Waals surface area contributed by atoms with Crippen LogP contribution in [0.5, 0.6) is 0 Å². The molecular weight excluding hydrogens is 503 g/mol. The molecule has 1 atom stereocenters. The van der Waals surface area contributed by atoms with E-state index in [0.29, 0.717) is 0 Å². The van der Waals surface area contributed by atoms with E-state index < -0.39 is 0 Å². The summed E-state index contributed by atoms with van der Waals surface area (Å²) in [7, 11) is 1.82. The Morgan fingerprint density at radius 2 is 1.87 bits per heavy atom. The fraction of sp³-hybridized carbons (Fsp3) is 0.542. The fourth-order valence-electron chi connectivity index (χ4n) is 3.83. The van der Waals surface area contributed by atoms with Crippen molar-refractivity contribution in [2.75, 3.05) is 46.4 Å². The summed E-state index contributed by atoms with van der Waals surface area (Å²) < 4.78 is 11.5. The molecule has 2 aromatic rings. The van der Waals surface area contributed by atoms with Crippen LogP contribution in [0.15, 0.2) is 58.1 Å². The van der Waals surface area contributed by atoms with Crippen LogP contribution in [0.1, 0.15) is 43.0 Å². The van der Waals surface area contributed by atoms with Crippen LogP contribution in [0.4, 0.5) is 0 Å². The number of hydrogen-bond acceptors (Lipinski definition) is 4. The molecule has 0 aliphatic carbocycles. The van der Waals surface area contributed by atoms with E-state index in [2.05, 4.69) is 50.9 Å². The van der Waals surface area contributed by atoms with Crippen LogP contribution in [-0.2, 0) is 11.2 Å². The fourth-order valence-corrected chi connectivity index (χ4v) is 3.83. The summed E-state index contributed by atoms with van der Waals surface area (Å²) >= 11 is 0. The number of halogens is 1. The SMILES string of the molecule is CN=C(NCCCCOCCc1ccccc1)NCC(c1ccco1)N1CCCC1.I. The van der Waals surface area contributed by atoms with Crippen molar-refractivity contribution in [3.05, 3.63) is 60.1 Å². The van der Waals surface area contributed by atoms with Crippen LogP contribution in [0.3, 0.4) is 0 Å². The molecule has 7 heteroatoms. The lowest BCUT2D eigenvalue weighted by Gasteiger charge is -2.26. The molecule has 2 N–H and O–H groups in total. The quantitative estimate of drug-likeness (QED) is 0.183. The van der Waals surface area contributed by atoms with E-state index >= 15 is 0 Å². The first kappa shape index (κ1) is 25.7. The number of rotatable bonds is 12. The molecule has 0 amide bonds. The molecule has 1 aromatic heterocycles. The molecule has 172 valence electrons. The highest BCUT2D eigenvalue weighted by molar-refractivity contribution is 14.0. The van der Waals surface area contributed by atoms with Gasteiger partial charge in [-0.15, -0.1) is 24.0 Å². The molecule has 0 spiro atoms. The number of benzene rings is 1.